The fraction of sp³-hybridized carbons (Fsp3) is 0.122. The molecule has 0 radical (unpaired) electrons. The average molecular weight is 553 g/mol. The van der Waals surface area contributed by atoms with E-state index < -0.39 is 0 Å². The minimum atomic E-state index is 0.342. The highest BCUT2D eigenvalue weighted by atomic mass is 15.0. The predicted octanol–water partition coefficient (Wildman–Crippen LogP) is 10.4. The molecular formula is C41H32N2. The lowest BCUT2D eigenvalue weighted by Gasteiger charge is -2.24. The molecule has 0 saturated heterocycles. The molecule has 206 valence electrons. The normalized spacial score (nSPS) is 16.5. The van der Waals surface area contributed by atoms with Crippen LogP contribution >= 0.6 is 0 Å². The van der Waals surface area contributed by atoms with Crippen molar-refractivity contribution < 1.29 is 0 Å². The van der Waals surface area contributed by atoms with Crippen LogP contribution in [0.3, 0.4) is 0 Å². The molecular weight excluding hydrogens is 520 g/mol. The SMILES string of the molecule is C[C@H]1Cc2c(ccc3c2c2c4c5ccccc5n(-c5ccccc5)c4ccc2n3C)-c2ccccc2C1c1ccccc1. The Bertz CT molecular complexity index is 2340. The van der Waals surface area contributed by atoms with Gasteiger partial charge in [-0.2, -0.15) is 0 Å². The molecule has 43 heavy (non-hydrogen) atoms. The van der Waals surface area contributed by atoms with Crippen LogP contribution in [0.2, 0.25) is 0 Å². The summed E-state index contributed by atoms with van der Waals surface area (Å²) >= 11 is 0. The van der Waals surface area contributed by atoms with Crippen LogP contribution in [0, 0.1) is 5.92 Å². The lowest BCUT2D eigenvalue weighted by atomic mass is 9.79. The molecule has 2 heteroatoms. The van der Waals surface area contributed by atoms with Gasteiger partial charge in [0.1, 0.15) is 0 Å². The Morgan fingerprint density at radius 1 is 0.535 bits per heavy atom. The predicted molar refractivity (Wildman–Crippen MR) is 181 cm³/mol. The smallest absolute Gasteiger partial charge is 0.0548 e. The second kappa shape index (κ2) is 9.21. The van der Waals surface area contributed by atoms with Gasteiger partial charge in [0.05, 0.1) is 11.0 Å². The van der Waals surface area contributed by atoms with Crippen molar-refractivity contribution in [2.75, 3.05) is 0 Å². The molecule has 1 aliphatic carbocycles. The number of hydrogen-bond acceptors (Lipinski definition) is 0. The molecule has 0 spiro atoms. The quantitative estimate of drug-likeness (QED) is 0.202. The largest absolute Gasteiger partial charge is 0.344 e. The summed E-state index contributed by atoms with van der Waals surface area (Å²) in [5.74, 6) is 0.783. The molecule has 0 amide bonds. The van der Waals surface area contributed by atoms with Gasteiger partial charge >= 0.3 is 0 Å². The monoisotopic (exact) mass is 552 g/mol. The number of rotatable bonds is 2. The standard InChI is InChI=1S/C41H32N2/c1-26-25-33-30(29-17-9-10-18-31(29)38(26)27-13-5-3-6-14-27)21-22-35-40(33)41-36(42(35)2)23-24-37-39(41)32-19-11-12-20-34(32)43(37)28-15-7-4-8-16-28/h3-24,26,38H,25H2,1-2H3/t26-,38?/m0/s1. The summed E-state index contributed by atoms with van der Waals surface area (Å²) in [6, 6.07) is 49.4. The van der Waals surface area contributed by atoms with E-state index in [0.717, 1.165) is 6.42 Å². The number of aryl methyl sites for hydroxylation is 1. The Morgan fingerprint density at radius 2 is 1.19 bits per heavy atom. The summed E-state index contributed by atoms with van der Waals surface area (Å²) in [5.41, 5.74) is 13.4. The molecule has 2 heterocycles. The third-order valence-corrected chi connectivity index (χ3v) is 9.93. The van der Waals surface area contributed by atoms with Crippen LogP contribution in [-0.2, 0) is 13.5 Å². The van der Waals surface area contributed by atoms with E-state index in [-0.39, 0.29) is 0 Å². The number of nitrogens with zero attached hydrogens (tertiary/aromatic N) is 2. The van der Waals surface area contributed by atoms with Gasteiger partial charge in [-0.05, 0) is 76.6 Å². The van der Waals surface area contributed by atoms with Crippen molar-refractivity contribution >= 4 is 43.6 Å². The first kappa shape index (κ1) is 24.5. The highest BCUT2D eigenvalue weighted by molar-refractivity contribution is 6.29. The van der Waals surface area contributed by atoms with E-state index in [9.17, 15) is 0 Å². The molecule has 0 bridgehead atoms. The van der Waals surface area contributed by atoms with E-state index in [0.29, 0.717) is 11.8 Å². The van der Waals surface area contributed by atoms with Gasteiger partial charge in [0.15, 0.2) is 0 Å². The minimum absolute atomic E-state index is 0.342. The maximum absolute atomic E-state index is 2.45. The summed E-state index contributed by atoms with van der Waals surface area (Å²) < 4.78 is 4.85. The third-order valence-electron chi connectivity index (χ3n) is 9.93. The van der Waals surface area contributed by atoms with E-state index in [4.69, 9.17) is 0 Å². The van der Waals surface area contributed by atoms with Crippen molar-refractivity contribution in [2.45, 2.75) is 19.3 Å². The van der Waals surface area contributed by atoms with Crippen LogP contribution < -0.4 is 0 Å². The van der Waals surface area contributed by atoms with Crippen molar-refractivity contribution in [3.8, 4) is 16.8 Å². The number of hydrogen-bond donors (Lipinski definition) is 0. The first-order chi connectivity index (χ1) is 21.2. The van der Waals surface area contributed by atoms with Gasteiger partial charge in [-0.25, -0.2) is 0 Å². The Hall–Kier alpha value is -5.08. The maximum Gasteiger partial charge on any atom is 0.0548 e. The van der Waals surface area contributed by atoms with Gasteiger partial charge in [-0.1, -0.05) is 104 Å². The zero-order chi connectivity index (χ0) is 28.7. The van der Waals surface area contributed by atoms with Gasteiger partial charge in [0.2, 0.25) is 0 Å². The van der Waals surface area contributed by atoms with Crippen LogP contribution in [0.5, 0.6) is 0 Å². The summed E-state index contributed by atoms with van der Waals surface area (Å²) in [6.07, 6.45) is 1.02. The van der Waals surface area contributed by atoms with Gasteiger partial charge < -0.3 is 9.13 Å². The van der Waals surface area contributed by atoms with Gasteiger partial charge in [0.25, 0.3) is 0 Å². The van der Waals surface area contributed by atoms with E-state index in [1.54, 1.807) is 0 Å². The number of para-hydroxylation sites is 2. The molecule has 0 saturated carbocycles. The third kappa shape index (κ3) is 3.41. The van der Waals surface area contributed by atoms with Gasteiger partial charge in [-0.15, -0.1) is 0 Å². The zero-order valence-electron chi connectivity index (χ0n) is 24.5. The van der Waals surface area contributed by atoms with Crippen molar-refractivity contribution in [1.82, 2.24) is 9.13 Å². The molecule has 0 fully saturated rings. The second-order valence-electron chi connectivity index (χ2n) is 12.2. The van der Waals surface area contributed by atoms with Crippen LogP contribution in [0.25, 0.3) is 60.4 Å². The van der Waals surface area contributed by atoms with Crippen LogP contribution in [0.4, 0.5) is 0 Å². The van der Waals surface area contributed by atoms with Crippen molar-refractivity contribution in [1.29, 1.82) is 0 Å². The average Bonchev–Trinajstić information content (AvgIpc) is 3.50. The van der Waals surface area contributed by atoms with E-state index in [1.165, 1.54) is 77.1 Å². The van der Waals surface area contributed by atoms with E-state index in [2.05, 4.69) is 157 Å². The Balaban J connectivity index is 1.43. The first-order valence-electron chi connectivity index (χ1n) is 15.4. The minimum Gasteiger partial charge on any atom is -0.344 e. The van der Waals surface area contributed by atoms with Gasteiger partial charge in [0, 0.05) is 51.2 Å². The topological polar surface area (TPSA) is 9.86 Å². The zero-order valence-corrected chi connectivity index (χ0v) is 24.5. The number of aromatic nitrogens is 2. The molecule has 1 unspecified atom stereocenters. The molecule has 6 aromatic carbocycles. The highest BCUT2D eigenvalue weighted by Gasteiger charge is 2.31. The second-order valence-corrected chi connectivity index (χ2v) is 12.2. The molecule has 9 rings (SSSR count). The summed E-state index contributed by atoms with van der Waals surface area (Å²) in [7, 11) is 2.24. The fourth-order valence-electron chi connectivity index (χ4n) is 8.15. The molecule has 2 nitrogen and oxygen atoms in total. The molecule has 8 aromatic rings. The molecule has 0 aliphatic heterocycles. The maximum atomic E-state index is 2.45. The number of fused-ring (bicyclic) bond motifs is 11. The lowest BCUT2D eigenvalue weighted by molar-refractivity contribution is 0.517. The van der Waals surface area contributed by atoms with E-state index >= 15 is 0 Å². The summed E-state index contributed by atoms with van der Waals surface area (Å²) in [4.78, 5) is 0. The fourth-order valence-corrected chi connectivity index (χ4v) is 8.15. The summed E-state index contributed by atoms with van der Waals surface area (Å²) in [6.45, 7) is 2.45. The molecule has 1 aliphatic rings. The molecule has 0 N–H and O–H groups in total. The van der Waals surface area contributed by atoms with Gasteiger partial charge in [-0.3, -0.25) is 0 Å². The number of benzene rings is 6. The van der Waals surface area contributed by atoms with Crippen molar-refractivity contribution in [3.63, 3.8) is 0 Å². The Kier molecular flexibility index (Phi) is 5.25. The van der Waals surface area contributed by atoms with Crippen LogP contribution in [0.15, 0.2) is 133 Å². The Morgan fingerprint density at radius 3 is 2.02 bits per heavy atom. The van der Waals surface area contributed by atoms with Crippen LogP contribution in [0.1, 0.15) is 29.5 Å². The van der Waals surface area contributed by atoms with E-state index in [1.807, 2.05) is 0 Å². The lowest BCUT2D eigenvalue weighted by Crippen LogP contribution is -2.12. The van der Waals surface area contributed by atoms with Crippen molar-refractivity contribution in [2.24, 2.45) is 13.0 Å². The summed E-state index contributed by atoms with van der Waals surface area (Å²) in [5, 5.41) is 5.44. The molecule has 2 aromatic heterocycles. The highest BCUT2D eigenvalue weighted by Crippen LogP contribution is 2.49. The van der Waals surface area contributed by atoms with Crippen LogP contribution in [-0.4, -0.2) is 9.13 Å². The molecule has 2 atom stereocenters. The Labute approximate surface area is 251 Å². The first-order valence-corrected chi connectivity index (χ1v) is 15.4. The van der Waals surface area contributed by atoms with Crippen molar-refractivity contribution in [3.05, 3.63) is 150 Å².